The summed E-state index contributed by atoms with van der Waals surface area (Å²) in [7, 11) is -3.27. The molecule has 0 saturated heterocycles. The van der Waals surface area contributed by atoms with Crippen LogP contribution < -0.4 is 4.72 Å². The van der Waals surface area contributed by atoms with Crippen LogP contribution in [0.15, 0.2) is 36.7 Å². The van der Waals surface area contributed by atoms with Crippen LogP contribution in [0.2, 0.25) is 0 Å². The Morgan fingerprint density at radius 2 is 2.12 bits per heavy atom. The minimum Gasteiger partial charge on any atom is -0.283 e. The van der Waals surface area contributed by atoms with E-state index in [1.165, 1.54) is 0 Å². The van der Waals surface area contributed by atoms with Crippen molar-refractivity contribution in [2.75, 3.05) is 11.0 Å². The maximum atomic E-state index is 11.2. The van der Waals surface area contributed by atoms with Crippen LogP contribution in [-0.4, -0.2) is 29.7 Å². The zero-order valence-electron chi connectivity index (χ0n) is 9.24. The van der Waals surface area contributed by atoms with Gasteiger partial charge in [-0.3, -0.25) is 4.72 Å². The average Bonchev–Trinajstić information content (AvgIpc) is 2.71. The maximum absolute atomic E-state index is 11.2. The number of para-hydroxylation sites is 1. The van der Waals surface area contributed by atoms with Crippen LogP contribution in [-0.2, 0) is 16.6 Å². The molecule has 0 aliphatic carbocycles. The van der Waals surface area contributed by atoms with Crippen molar-refractivity contribution in [3.05, 3.63) is 42.2 Å². The lowest BCUT2D eigenvalue weighted by Crippen LogP contribution is -2.12. The van der Waals surface area contributed by atoms with Crippen molar-refractivity contribution in [2.45, 2.75) is 6.54 Å². The number of benzene rings is 1. The summed E-state index contributed by atoms with van der Waals surface area (Å²) in [5.74, 6) is 0. The maximum Gasteiger partial charge on any atom is 0.229 e. The number of sulfonamides is 1. The van der Waals surface area contributed by atoms with E-state index in [9.17, 15) is 8.42 Å². The Bertz CT molecular complexity index is 593. The van der Waals surface area contributed by atoms with E-state index >= 15 is 0 Å². The zero-order chi connectivity index (χ0) is 12.3. The second-order valence-electron chi connectivity index (χ2n) is 3.63. The van der Waals surface area contributed by atoms with Crippen molar-refractivity contribution in [1.82, 2.24) is 15.0 Å². The van der Waals surface area contributed by atoms with E-state index in [-0.39, 0.29) is 0 Å². The lowest BCUT2D eigenvalue weighted by atomic mass is 10.2. The van der Waals surface area contributed by atoms with Gasteiger partial charge in [-0.15, -0.1) is 5.10 Å². The number of anilines is 1. The summed E-state index contributed by atoms with van der Waals surface area (Å²) >= 11 is 0. The highest BCUT2D eigenvalue weighted by atomic mass is 32.2. The molecule has 0 fully saturated rings. The molecule has 0 radical (unpaired) electrons. The molecule has 2 rings (SSSR count). The van der Waals surface area contributed by atoms with Crippen LogP contribution in [0.4, 0.5) is 5.69 Å². The molecule has 1 N–H and O–H groups in total. The van der Waals surface area contributed by atoms with Gasteiger partial charge >= 0.3 is 0 Å². The summed E-state index contributed by atoms with van der Waals surface area (Å²) in [4.78, 5) is 0. The first-order chi connectivity index (χ1) is 8.04. The number of aromatic nitrogens is 3. The minimum absolute atomic E-state index is 0.471. The van der Waals surface area contributed by atoms with Crippen LogP contribution in [0, 0.1) is 0 Å². The summed E-state index contributed by atoms with van der Waals surface area (Å²) < 4.78 is 26.5. The van der Waals surface area contributed by atoms with Crippen molar-refractivity contribution >= 4 is 15.7 Å². The molecular weight excluding hydrogens is 240 g/mol. The second kappa shape index (κ2) is 4.54. The fourth-order valence-electron chi connectivity index (χ4n) is 1.45. The molecule has 0 spiro atoms. The molecule has 17 heavy (non-hydrogen) atoms. The Hall–Kier alpha value is -1.89. The Labute approximate surface area is 99.3 Å². The Balaban J connectivity index is 2.28. The predicted octanol–water partition coefficient (Wildman–Crippen LogP) is 0.698. The number of hydrogen-bond donors (Lipinski definition) is 1. The second-order valence-corrected chi connectivity index (χ2v) is 5.38. The molecule has 0 amide bonds. The third-order valence-corrected chi connectivity index (χ3v) is 2.71. The Morgan fingerprint density at radius 1 is 1.35 bits per heavy atom. The van der Waals surface area contributed by atoms with Crippen LogP contribution in [0.5, 0.6) is 0 Å². The van der Waals surface area contributed by atoms with Gasteiger partial charge in [0, 0.05) is 6.20 Å². The van der Waals surface area contributed by atoms with Crippen molar-refractivity contribution in [3.63, 3.8) is 0 Å². The molecule has 0 aliphatic heterocycles. The predicted molar refractivity (Wildman–Crippen MR) is 64.0 cm³/mol. The van der Waals surface area contributed by atoms with Crippen LogP contribution in [0.25, 0.3) is 0 Å². The largest absolute Gasteiger partial charge is 0.283 e. The van der Waals surface area contributed by atoms with E-state index in [0.29, 0.717) is 12.2 Å². The highest BCUT2D eigenvalue weighted by Crippen LogP contribution is 2.16. The number of hydrogen-bond acceptors (Lipinski definition) is 4. The SMILES string of the molecule is CS(=O)(=O)Nc1ccccc1Cn1ccnn1. The first-order valence-corrected chi connectivity index (χ1v) is 6.83. The van der Waals surface area contributed by atoms with Gasteiger partial charge in [-0.05, 0) is 11.6 Å². The monoisotopic (exact) mass is 252 g/mol. The molecule has 1 aromatic carbocycles. The van der Waals surface area contributed by atoms with Gasteiger partial charge in [-0.1, -0.05) is 23.4 Å². The first kappa shape index (κ1) is 11.6. The lowest BCUT2D eigenvalue weighted by Gasteiger charge is -2.10. The number of nitrogens with zero attached hydrogens (tertiary/aromatic N) is 3. The van der Waals surface area contributed by atoms with Gasteiger partial charge in [0.25, 0.3) is 0 Å². The van der Waals surface area contributed by atoms with Crippen LogP contribution in [0.3, 0.4) is 0 Å². The van der Waals surface area contributed by atoms with Gasteiger partial charge in [0.2, 0.25) is 10.0 Å². The van der Waals surface area contributed by atoms with Crippen LogP contribution >= 0.6 is 0 Å². The van der Waals surface area contributed by atoms with Crippen molar-refractivity contribution in [3.8, 4) is 0 Å². The third kappa shape index (κ3) is 3.28. The van der Waals surface area contributed by atoms with E-state index in [2.05, 4.69) is 15.0 Å². The fraction of sp³-hybridized carbons (Fsp3) is 0.200. The molecule has 2 aromatic rings. The summed E-state index contributed by atoms with van der Waals surface area (Å²) in [6.45, 7) is 0.471. The topological polar surface area (TPSA) is 76.9 Å². The van der Waals surface area contributed by atoms with E-state index in [1.807, 2.05) is 12.1 Å². The van der Waals surface area contributed by atoms with Crippen molar-refractivity contribution in [2.24, 2.45) is 0 Å². The van der Waals surface area contributed by atoms with Crippen molar-refractivity contribution < 1.29 is 8.42 Å². The molecule has 0 aliphatic rings. The third-order valence-electron chi connectivity index (χ3n) is 2.12. The molecule has 0 bridgehead atoms. The molecule has 0 saturated carbocycles. The van der Waals surface area contributed by atoms with Crippen LogP contribution in [0.1, 0.15) is 5.56 Å². The van der Waals surface area contributed by atoms with Gasteiger partial charge in [-0.2, -0.15) is 0 Å². The first-order valence-electron chi connectivity index (χ1n) is 4.94. The molecule has 7 heteroatoms. The molecular formula is C10H12N4O2S. The number of nitrogens with one attached hydrogen (secondary N) is 1. The van der Waals surface area contributed by atoms with E-state index < -0.39 is 10.0 Å². The molecule has 0 atom stereocenters. The Kier molecular flexibility index (Phi) is 3.10. The summed E-state index contributed by atoms with van der Waals surface area (Å²) in [6, 6.07) is 7.18. The van der Waals surface area contributed by atoms with Gasteiger partial charge in [-0.25, -0.2) is 13.1 Å². The quantitative estimate of drug-likeness (QED) is 0.868. The standard InChI is InChI=1S/C10H12N4O2S/c1-17(15,16)12-10-5-3-2-4-9(10)8-14-7-6-11-13-14/h2-7,12H,8H2,1H3. The highest BCUT2D eigenvalue weighted by Gasteiger charge is 2.07. The highest BCUT2D eigenvalue weighted by molar-refractivity contribution is 7.92. The van der Waals surface area contributed by atoms with Gasteiger partial charge in [0.1, 0.15) is 0 Å². The summed E-state index contributed by atoms with van der Waals surface area (Å²) in [6.07, 6.45) is 4.42. The van der Waals surface area contributed by atoms with E-state index in [1.54, 1.807) is 29.2 Å². The summed E-state index contributed by atoms with van der Waals surface area (Å²) in [5, 5.41) is 7.54. The minimum atomic E-state index is -3.27. The average molecular weight is 252 g/mol. The van der Waals surface area contributed by atoms with Gasteiger partial charge in [0.05, 0.1) is 24.7 Å². The molecule has 90 valence electrons. The fourth-order valence-corrected chi connectivity index (χ4v) is 2.05. The molecule has 0 unspecified atom stereocenters. The smallest absolute Gasteiger partial charge is 0.229 e. The normalized spacial score (nSPS) is 11.4. The zero-order valence-corrected chi connectivity index (χ0v) is 10.1. The molecule has 1 heterocycles. The van der Waals surface area contributed by atoms with Gasteiger partial charge in [0.15, 0.2) is 0 Å². The van der Waals surface area contributed by atoms with Crippen molar-refractivity contribution in [1.29, 1.82) is 0 Å². The molecule has 6 nitrogen and oxygen atoms in total. The van der Waals surface area contributed by atoms with Gasteiger partial charge < -0.3 is 0 Å². The Morgan fingerprint density at radius 3 is 2.76 bits per heavy atom. The molecule has 1 aromatic heterocycles. The van der Waals surface area contributed by atoms with E-state index in [0.717, 1.165) is 11.8 Å². The van der Waals surface area contributed by atoms with E-state index in [4.69, 9.17) is 0 Å². The lowest BCUT2D eigenvalue weighted by molar-refractivity contribution is 0.606. The number of rotatable bonds is 4. The summed E-state index contributed by atoms with van der Waals surface area (Å²) in [5.41, 5.74) is 1.40.